The Labute approximate surface area is 74.1 Å². The maximum atomic E-state index is 12.8. The van der Waals surface area contributed by atoms with Gasteiger partial charge in [0.25, 0.3) is 0 Å². The predicted octanol–water partition coefficient (Wildman–Crippen LogP) is -1.51. The van der Waals surface area contributed by atoms with Crippen molar-refractivity contribution in [2.75, 3.05) is 12.8 Å². The van der Waals surface area contributed by atoms with Gasteiger partial charge in [-0.1, -0.05) is 0 Å². The monoisotopic (exact) mass is 186 g/mol. The van der Waals surface area contributed by atoms with Crippen LogP contribution in [0.2, 0.25) is 0 Å². The fourth-order valence-corrected chi connectivity index (χ4v) is 0.848. The van der Waals surface area contributed by atoms with Crippen molar-refractivity contribution in [2.24, 2.45) is 0 Å². The SMILES string of the molecule is COc1nc(N)c(F)cc1B(O)O. The fourth-order valence-electron chi connectivity index (χ4n) is 0.848. The molecule has 0 aliphatic heterocycles. The molecule has 1 heterocycles. The van der Waals surface area contributed by atoms with E-state index < -0.39 is 12.9 Å². The Kier molecular flexibility index (Phi) is 2.69. The van der Waals surface area contributed by atoms with Crippen LogP contribution in [0.4, 0.5) is 10.2 Å². The molecule has 7 heteroatoms. The molecule has 4 N–H and O–H groups in total. The standard InChI is InChI=1S/C6H8BFN2O3/c1-13-6-3(7(11)12)2-4(8)5(9)10-6/h2,11-12H,1H3,(H2,9,10). The quantitative estimate of drug-likeness (QED) is 0.488. The molecule has 0 saturated carbocycles. The Morgan fingerprint density at radius 3 is 2.69 bits per heavy atom. The number of anilines is 1. The zero-order chi connectivity index (χ0) is 10.0. The van der Waals surface area contributed by atoms with Crippen LogP contribution in [-0.2, 0) is 0 Å². The zero-order valence-electron chi connectivity index (χ0n) is 6.86. The third-order valence-electron chi connectivity index (χ3n) is 1.47. The van der Waals surface area contributed by atoms with E-state index in [0.717, 1.165) is 6.07 Å². The highest BCUT2D eigenvalue weighted by atomic mass is 19.1. The van der Waals surface area contributed by atoms with Crippen LogP contribution in [-0.4, -0.2) is 29.3 Å². The third-order valence-corrected chi connectivity index (χ3v) is 1.47. The average molecular weight is 186 g/mol. The van der Waals surface area contributed by atoms with Gasteiger partial charge in [0.15, 0.2) is 11.6 Å². The van der Waals surface area contributed by atoms with Gasteiger partial charge in [-0.15, -0.1) is 0 Å². The Hall–Kier alpha value is -1.34. The summed E-state index contributed by atoms with van der Waals surface area (Å²) in [6.45, 7) is 0. The number of rotatable bonds is 2. The van der Waals surface area contributed by atoms with E-state index in [-0.39, 0.29) is 17.2 Å². The van der Waals surface area contributed by atoms with Crippen molar-refractivity contribution in [2.45, 2.75) is 0 Å². The number of methoxy groups -OCH3 is 1. The Balaban J connectivity index is 3.25. The Morgan fingerprint density at radius 1 is 1.62 bits per heavy atom. The normalized spacial score (nSPS) is 9.85. The van der Waals surface area contributed by atoms with E-state index in [1.54, 1.807) is 0 Å². The molecule has 70 valence electrons. The third kappa shape index (κ3) is 1.88. The highest BCUT2D eigenvalue weighted by Gasteiger charge is 2.20. The smallest absolute Gasteiger partial charge is 0.481 e. The van der Waals surface area contributed by atoms with Crippen molar-refractivity contribution in [3.05, 3.63) is 11.9 Å². The van der Waals surface area contributed by atoms with E-state index in [0.29, 0.717) is 0 Å². The topological polar surface area (TPSA) is 88.6 Å². The van der Waals surface area contributed by atoms with Crippen molar-refractivity contribution < 1.29 is 19.2 Å². The first kappa shape index (κ1) is 9.75. The van der Waals surface area contributed by atoms with E-state index in [1.807, 2.05) is 0 Å². The van der Waals surface area contributed by atoms with Crippen molar-refractivity contribution in [3.63, 3.8) is 0 Å². The molecule has 0 aliphatic carbocycles. The molecule has 0 amide bonds. The number of hydrogen-bond acceptors (Lipinski definition) is 5. The second-order valence-corrected chi connectivity index (χ2v) is 2.33. The number of hydrogen-bond donors (Lipinski definition) is 3. The molecule has 0 unspecified atom stereocenters. The van der Waals surface area contributed by atoms with Crippen LogP contribution in [0.5, 0.6) is 5.88 Å². The van der Waals surface area contributed by atoms with Gasteiger partial charge in [-0.2, -0.15) is 4.98 Å². The highest BCUT2D eigenvalue weighted by Crippen LogP contribution is 2.10. The van der Waals surface area contributed by atoms with E-state index >= 15 is 0 Å². The molecule has 0 fully saturated rings. The molecule has 0 saturated heterocycles. The molecule has 0 atom stereocenters. The summed E-state index contributed by atoms with van der Waals surface area (Å²) in [6.07, 6.45) is 0. The molecule has 0 radical (unpaired) electrons. The molecular weight excluding hydrogens is 178 g/mol. The molecule has 1 aromatic heterocycles. The van der Waals surface area contributed by atoms with Gasteiger partial charge in [-0.25, -0.2) is 4.39 Å². The van der Waals surface area contributed by atoms with Crippen molar-refractivity contribution in [1.29, 1.82) is 0 Å². The first-order valence-electron chi connectivity index (χ1n) is 3.42. The summed E-state index contributed by atoms with van der Waals surface area (Å²) in [5.74, 6) is -1.26. The van der Waals surface area contributed by atoms with Gasteiger partial charge >= 0.3 is 7.12 Å². The van der Waals surface area contributed by atoms with Gasteiger partial charge in [-0.3, -0.25) is 0 Å². The van der Waals surface area contributed by atoms with Gasteiger partial charge in [0.1, 0.15) is 0 Å². The lowest BCUT2D eigenvalue weighted by Crippen LogP contribution is -2.32. The number of ether oxygens (including phenoxy) is 1. The minimum atomic E-state index is -1.84. The molecule has 5 nitrogen and oxygen atoms in total. The second-order valence-electron chi connectivity index (χ2n) is 2.33. The van der Waals surface area contributed by atoms with Gasteiger partial charge in [0.05, 0.1) is 7.11 Å². The van der Waals surface area contributed by atoms with Crippen molar-refractivity contribution in [1.82, 2.24) is 4.98 Å². The summed E-state index contributed by atoms with van der Waals surface area (Å²) in [6, 6.07) is 0.867. The number of nitrogens with zero attached hydrogens (tertiary/aromatic N) is 1. The molecule has 1 rings (SSSR count). The summed E-state index contributed by atoms with van der Waals surface area (Å²) >= 11 is 0. The number of nitrogen functional groups attached to an aromatic ring is 1. The average Bonchev–Trinajstić information content (AvgIpc) is 2.08. The van der Waals surface area contributed by atoms with Crippen LogP contribution in [0.1, 0.15) is 0 Å². The summed E-state index contributed by atoms with van der Waals surface area (Å²) < 4.78 is 17.5. The maximum Gasteiger partial charge on any atom is 0.494 e. The Bertz CT molecular complexity index is 321. The lowest BCUT2D eigenvalue weighted by molar-refractivity contribution is 0.390. The van der Waals surface area contributed by atoms with Crippen molar-refractivity contribution >= 4 is 18.4 Å². The molecule has 0 spiro atoms. The first-order valence-corrected chi connectivity index (χ1v) is 3.42. The minimum Gasteiger partial charge on any atom is -0.481 e. The maximum absolute atomic E-state index is 12.8. The Morgan fingerprint density at radius 2 is 2.23 bits per heavy atom. The highest BCUT2D eigenvalue weighted by molar-refractivity contribution is 6.59. The molecule has 13 heavy (non-hydrogen) atoms. The van der Waals surface area contributed by atoms with Crippen LogP contribution in [0.3, 0.4) is 0 Å². The van der Waals surface area contributed by atoms with Gasteiger partial charge < -0.3 is 20.5 Å². The van der Waals surface area contributed by atoms with Gasteiger partial charge in [-0.05, 0) is 6.07 Å². The minimum absolute atomic E-state index is 0.103. The van der Waals surface area contributed by atoms with Crippen LogP contribution in [0.25, 0.3) is 0 Å². The fraction of sp³-hybridized carbons (Fsp3) is 0.167. The molecule has 0 aliphatic rings. The molecule has 0 bridgehead atoms. The largest absolute Gasteiger partial charge is 0.494 e. The van der Waals surface area contributed by atoms with E-state index in [4.69, 9.17) is 15.8 Å². The van der Waals surface area contributed by atoms with E-state index in [1.165, 1.54) is 7.11 Å². The van der Waals surface area contributed by atoms with E-state index in [2.05, 4.69) is 9.72 Å². The van der Waals surface area contributed by atoms with Crippen LogP contribution < -0.4 is 15.9 Å². The number of aromatic nitrogens is 1. The van der Waals surface area contributed by atoms with E-state index in [9.17, 15) is 4.39 Å². The van der Waals surface area contributed by atoms with Crippen LogP contribution in [0.15, 0.2) is 6.07 Å². The summed E-state index contributed by atoms with van der Waals surface area (Å²) in [5, 5.41) is 17.6. The zero-order valence-corrected chi connectivity index (χ0v) is 6.86. The molecular formula is C6H8BFN2O3. The molecule has 0 aromatic carbocycles. The number of pyridine rings is 1. The van der Waals surface area contributed by atoms with Gasteiger partial charge in [0, 0.05) is 5.46 Å². The lowest BCUT2D eigenvalue weighted by atomic mass is 9.81. The molecule has 1 aromatic rings. The summed E-state index contributed by atoms with van der Waals surface area (Å²) in [4.78, 5) is 3.47. The van der Waals surface area contributed by atoms with Crippen LogP contribution >= 0.6 is 0 Å². The lowest BCUT2D eigenvalue weighted by Gasteiger charge is -2.07. The van der Waals surface area contributed by atoms with Crippen LogP contribution in [0, 0.1) is 5.82 Å². The predicted molar refractivity (Wildman–Crippen MR) is 45.0 cm³/mol. The van der Waals surface area contributed by atoms with Crippen molar-refractivity contribution in [3.8, 4) is 5.88 Å². The second kappa shape index (κ2) is 3.59. The number of halogens is 1. The summed E-state index contributed by atoms with van der Waals surface area (Å²) in [5.41, 5.74) is 4.98. The number of nitrogens with two attached hydrogens (primary N) is 1. The first-order chi connectivity index (χ1) is 6.06. The van der Waals surface area contributed by atoms with Gasteiger partial charge in [0.2, 0.25) is 5.88 Å². The summed E-state index contributed by atoms with van der Waals surface area (Å²) in [7, 11) is -0.566.